The topological polar surface area (TPSA) is 42.0 Å². The van der Waals surface area contributed by atoms with Gasteiger partial charge < -0.3 is 5.32 Å². The molecule has 3 nitrogen and oxygen atoms in total. The first-order valence-corrected chi connectivity index (χ1v) is 9.76. The van der Waals surface area contributed by atoms with E-state index in [2.05, 4.69) is 39.1 Å². The molecule has 0 radical (unpaired) electrons. The van der Waals surface area contributed by atoms with Crippen molar-refractivity contribution in [3.05, 3.63) is 58.4 Å². The molecule has 2 aromatic rings. The SMILES string of the molecule is Cc1nc2c(cc1CC(=O)CC(C)(C)C)CC(C)C2Nc1ccc(F)c(F)c1. The van der Waals surface area contributed by atoms with Gasteiger partial charge in [-0.2, -0.15) is 0 Å². The van der Waals surface area contributed by atoms with Gasteiger partial charge in [0, 0.05) is 30.3 Å². The lowest BCUT2D eigenvalue weighted by Gasteiger charge is -2.20. The van der Waals surface area contributed by atoms with Crippen LogP contribution in [0.1, 0.15) is 62.7 Å². The molecule has 28 heavy (non-hydrogen) atoms. The fraction of sp³-hybridized carbons (Fsp3) is 0.478. The molecule has 1 aliphatic carbocycles. The maximum atomic E-state index is 13.5. The van der Waals surface area contributed by atoms with E-state index in [9.17, 15) is 13.6 Å². The molecule has 0 saturated heterocycles. The number of hydrogen-bond donors (Lipinski definition) is 1. The number of carbonyl (C=O) groups is 1. The molecule has 1 aliphatic rings. The number of ketones is 1. The van der Waals surface area contributed by atoms with Crippen molar-refractivity contribution in [1.82, 2.24) is 4.98 Å². The van der Waals surface area contributed by atoms with Crippen molar-refractivity contribution in [2.24, 2.45) is 11.3 Å². The lowest BCUT2D eigenvalue weighted by molar-refractivity contribution is -0.120. The summed E-state index contributed by atoms with van der Waals surface area (Å²) in [6.07, 6.45) is 1.78. The average Bonchev–Trinajstić information content (AvgIpc) is 2.85. The Morgan fingerprint density at radius 1 is 1.21 bits per heavy atom. The third-order valence-electron chi connectivity index (χ3n) is 5.19. The summed E-state index contributed by atoms with van der Waals surface area (Å²) in [5, 5.41) is 3.30. The van der Waals surface area contributed by atoms with Gasteiger partial charge in [0.2, 0.25) is 0 Å². The normalized spacial score (nSPS) is 18.8. The number of Topliss-reactive ketones (excluding diaryl/α,β-unsaturated/α-hetero) is 1. The molecular weight excluding hydrogens is 358 g/mol. The summed E-state index contributed by atoms with van der Waals surface area (Å²) in [5.74, 6) is -1.24. The van der Waals surface area contributed by atoms with Crippen LogP contribution in [0.4, 0.5) is 14.5 Å². The van der Waals surface area contributed by atoms with Crippen molar-refractivity contribution in [2.45, 2.75) is 59.9 Å². The highest BCUT2D eigenvalue weighted by Crippen LogP contribution is 2.38. The maximum Gasteiger partial charge on any atom is 0.160 e. The van der Waals surface area contributed by atoms with Crippen LogP contribution in [-0.2, 0) is 17.6 Å². The van der Waals surface area contributed by atoms with Gasteiger partial charge in [0.05, 0.1) is 11.7 Å². The molecule has 0 bridgehead atoms. The Morgan fingerprint density at radius 2 is 1.93 bits per heavy atom. The van der Waals surface area contributed by atoms with E-state index in [1.807, 2.05) is 6.92 Å². The van der Waals surface area contributed by atoms with E-state index >= 15 is 0 Å². The summed E-state index contributed by atoms with van der Waals surface area (Å²) in [7, 11) is 0. The summed E-state index contributed by atoms with van der Waals surface area (Å²) in [5.41, 5.74) is 4.40. The molecular formula is C23H28F2N2O. The number of rotatable bonds is 5. The first kappa shape index (κ1) is 20.4. The van der Waals surface area contributed by atoms with Crippen molar-refractivity contribution in [1.29, 1.82) is 0 Å². The van der Waals surface area contributed by atoms with Crippen LogP contribution in [0.5, 0.6) is 0 Å². The minimum Gasteiger partial charge on any atom is -0.376 e. The Balaban J connectivity index is 1.82. The largest absolute Gasteiger partial charge is 0.376 e. The van der Waals surface area contributed by atoms with Crippen molar-refractivity contribution in [2.75, 3.05) is 5.32 Å². The minimum absolute atomic E-state index is 0.0247. The lowest BCUT2D eigenvalue weighted by atomic mass is 9.88. The maximum absolute atomic E-state index is 13.5. The third kappa shape index (κ3) is 4.57. The van der Waals surface area contributed by atoms with Crippen molar-refractivity contribution in [3.63, 3.8) is 0 Å². The smallest absolute Gasteiger partial charge is 0.160 e. The molecule has 0 fully saturated rings. The molecule has 1 aromatic heterocycles. The number of fused-ring (bicyclic) bond motifs is 1. The van der Waals surface area contributed by atoms with Crippen LogP contribution >= 0.6 is 0 Å². The van der Waals surface area contributed by atoms with Gasteiger partial charge in [-0.25, -0.2) is 8.78 Å². The monoisotopic (exact) mass is 386 g/mol. The fourth-order valence-corrected chi connectivity index (χ4v) is 3.90. The predicted octanol–water partition coefficient (Wildman–Crippen LogP) is 5.56. The zero-order chi connectivity index (χ0) is 20.6. The summed E-state index contributed by atoms with van der Waals surface area (Å²) in [4.78, 5) is 17.2. The molecule has 0 aliphatic heterocycles. The first-order chi connectivity index (χ1) is 13.0. The van der Waals surface area contributed by atoms with E-state index in [1.165, 1.54) is 12.1 Å². The zero-order valence-electron chi connectivity index (χ0n) is 17.2. The second kappa shape index (κ2) is 7.61. The van der Waals surface area contributed by atoms with Gasteiger partial charge in [0.25, 0.3) is 0 Å². The van der Waals surface area contributed by atoms with Crippen molar-refractivity contribution in [3.8, 4) is 0 Å². The van der Waals surface area contributed by atoms with Gasteiger partial charge in [-0.1, -0.05) is 33.8 Å². The highest BCUT2D eigenvalue weighted by molar-refractivity contribution is 5.81. The predicted molar refractivity (Wildman–Crippen MR) is 107 cm³/mol. The quantitative estimate of drug-likeness (QED) is 0.731. The van der Waals surface area contributed by atoms with E-state index in [0.717, 1.165) is 35.0 Å². The van der Waals surface area contributed by atoms with Gasteiger partial charge in [-0.15, -0.1) is 0 Å². The van der Waals surface area contributed by atoms with Gasteiger partial charge in [0.15, 0.2) is 11.6 Å². The number of nitrogens with zero attached hydrogens (tertiary/aromatic N) is 1. The zero-order valence-corrected chi connectivity index (χ0v) is 17.2. The molecule has 150 valence electrons. The second-order valence-corrected chi connectivity index (χ2v) is 9.16. The number of aryl methyl sites for hydroxylation is 1. The number of carbonyl (C=O) groups excluding carboxylic acids is 1. The van der Waals surface area contributed by atoms with Crippen LogP contribution < -0.4 is 5.32 Å². The number of hydrogen-bond acceptors (Lipinski definition) is 3. The van der Waals surface area contributed by atoms with Crippen LogP contribution in [0.25, 0.3) is 0 Å². The summed E-state index contributed by atoms with van der Waals surface area (Å²) >= 11 is 0. The summed E-state index contributed by atoms with van der Waals surface area (Å²) in [6.45, 7) is 10.2. The molecule has 3 rings (SSSR count). The molecule has 0 amide bonds. The van der Waals surface area contributed by atoms with Crippen LogP contribution in [0.2, 0.25) is 0 Å². The van der Waals surface area contributed by atoms with E-state index in [-0.39, 0.29) is 23.2 Å². The van der Waals surface area contributed by atoms with Crippen LogP contribution in [0.3, 0.4) is 0 Å². The fourth-order valence-electron chi connectivity index (χ4n) is 3.90. The van der Waals surface area contributed by atoms with Gasteiger partial charge in [0.1, 0.15) is 5.78 Å². The number of nitrogens with one attached hydrogen (secondary N) is 1. The number of aromatic nitrogens is 1. The van der Waals surface area contributed by atoms with E-state index in [4.69, 9.17) is 4.98 Å². The Kier molecular flexibility index (Phi) is 5.55. The highest BCUT2D eigenvalue weighted by Gasteiger charge is 2.32. The molecule has 0 saturated carbocycles. The van der Waals surface area contributed by atoms with Gasteiger partial charge >= 0.3 is 0 Å². The molecule has 1 aromatic carbocycles. The molecule has 2 atom stereocenters. The van der Waals surface area contributed by atoms with E-state index < -0.39 is 11.6 Å². The lowest BCUT2D eigenvalue weighted by Crippen LogP contribution is -2.17. The van der Waals surface area contributed by atoms with E-state index in [0.29, 0.717) is 18.5 Å². The first-order valence-electron chi connectivity index (χ1n) is 9.76. The number of anilines is 1. The van der Waals surface area contributed by atoms with Crippen molar-refractivity contribution >= 4 is 11.5 Å². The Hall–Kier alpha value is -2.30. The van der Waals surface area contributed by atoms with Gasteiger partial charge in [-0.3, -0.25) is 9.78 Å². The van der Waals surface area contributed by atoms with Crippen LogP contribution in [-0.4, -0.2) is 10.8 Å². The molecule has 5 heteroatoms. The summed E-state index contributed by atoms with van der Waals surface area (Å²) < 4.78 is 26.7. The molecule has 0 spiro atoms. The van der Waals surface area contributed by atoms with E-state index in [1.54, 1.807) is 0 Å². The second-order valence-electron chi connectivity index (χ2n) is 9.16. The third-order valence-corrected chi connectivity index (χ3v) is 5.19. The van der Waals surface area contributed by atoms with Crippen molar-refractivity contribution < 1.29 is 13.6 Å². The standard InChI is InChI=1S/C23H28F2N2O/c1-13-8-16-9-15(10-18(28)12-23(3,4)5)14(2)26-22(16)21(13)27-17-6-7-19(24)20(25)11-17/h6-7,9,11,13,21,27H,8,10,12H2,1-5H3. The number of halogens is 2. The Morgan fingerprint density at radius 3 is 2.57 bits per heavy atom. The van der Waals surface area contributed by atoms with Crippen LogP contribution in [0.15, 0.2) is 24.3 Å². The number of pyridine rings is 1. The van der Waals surface area contributed by atoms with Crippen LogP contribution in [0, 0.1) is 29.9 Å². The molecule has 1 N–H and O–H groups in total. The average molecular weight is 386 g/mol. The Bertz CT molecular complexity index is 902. The molecule has 1 heterocycles. The highest BCUT2D eigenvalue weighted by atomic mass is 19.2. The van der Waals surface area contributed by atoms with Gasteiger partial charge in [-0.05, 0) is 47.9 Å². The minimum atomic E-state index is -0.868. The molecule has 2 unspecified atom stereocenters. The number of benzene rings is 1. The Labute approximate surface area is 165 Å². The summed E-state index contributed by atoms with van der Waals surface area (Å²) in [6, 6.07) is 5.86.